The quantitative estimate of drug-likeness (QED) is 0.215. The minimum atomic E-state index is -3.62. The van der Waals surface area contributed by atoms with Crippen LogP contribution in [0, 0.1) is 5.82 Å². The van der Waals surface area contributed by atoms with E-state index in [0.717, 1.165) is 5.56 Å². The van der Waals surface area contributed by atoms with Gasteiger partial charge in [0, 0.05) is 39.1 Å². The summed E-state index contributed by atoms with van der Waals surface area (Å²) in [5.74, 6) is 0.354. The number of nitrogens with zero attached hydrogens (tertiary/aromatic N) is 3. The Morgan fingerprint density at radius 2 is 2.10 bits per heavy atom. The van der Waals surface area contributed by atoms with E-state index < -0.39 is 15.8 Å². The summed E-state index contributed by atoms with van der Waals surface area (Å²) in [6.07, 6.45) is 2.80. The van der Waals surface area contributed by atoms with Crippen molar-refractivity contribution >= 4 is 40.0 Å². The topological polar surface area (TPSA) is 95.9 Å². The van der Waals surface area contributed by atoms with Crippen molar-refractivity contribution in [3.8, 4) is 5.75 Å². The molecule has 2 rings (SSSR count). The normalized spacial score (nSPS) is 11.5. The van der Waals surface area contributed by atoms with Gasteiger partial charge >= 0.3 is 0 Å². The number of halogens is 2. The van der Waals surface area contributed by atoms with Gasteiger partial charge in [-0.2, -0.15) is 0 Å². The molecule has 0 unspecified atom stereocenters. The summed E-state index contributed by atoms with van der Waals surface area (Å²) in [5, 5.41) is 3.14. The Hall–Kier alpha value is -1.99. The van der Waals surface area contributed by atoms with Crippen LogP contribution in [0.2, 0.25) is 0 Å². The van der Waals surface area contributed by atoms with E-state index in [9.17, 15) is 12.8 Å². The molecule has 0 aliphatic carbocycles. The zero-order valence-corrected chi connectivity index (χ0v) is 20.3. The molecule has 2 aromatic rings. The molecule has 0 spiro atoms. The van der Waals surface area contributed by atoms with Gasteiger partial charge < -0.3 is 15.0 Å². The van der Waals surface area contributed by atoms with Crippen molar-refractivity contribution in [2.24, 2.45) is 4.99 Å². The lowest BCUT2D eigenvalue weighted by atomic mass is 10.2. The second-order valence-electron chi connectivity index (χ2n) is 6.15. The lowest BCUT2D eigenvalue weighted by Gasteiger charge is -2.22. The molecule has 1 heterocycles. The van der Waals surface area contributed by atoms with Gasteiger partial charge in [-0.1, -0.05) is 6.07 Å². The SMILES string of the molecule is CCNC(=NCCNS(=O)(=O)c1cccnc1)N(C)Cc1ccc(OC)c(F)c1.I. The fraction of sp³-hybridized carbons (Fsp3) is 0.368. The fourth-order valence-electron chi connectivity index (χ4n) is 2.56. The first-order chi connectivity index (χ1) is 13.9. The molecule has 1 aromatic heterocycles. The van der Waals surface area contributed by atoms with E-state index >= 15 is 0 Å². The van der Waals surface area contributed by atoms with Crippen LogP contribution in [0.5, 0.6) is 5.75 Å². The van der Waals surface area contributed by atoms with Gasteiger partial charge in [0.25, 0.3) is 0 Å². The number of benzene rings is 1. The maximum absolute atomic E-state index is 13.9. The number of hydrogen-bond donors (Lipinski definition) is 2. The van der Waals surface area contributed by atoms with Crippen molar-refractivity contribution in [1.82, 2.24) is 19.9 Å². The van der Waals surface area contributed by atoms with E-state index in [-0.39, 0.29) is 47.7 Å². The van der Waals surface area contributed by atoms with Crippen molar-refractivity contribution in [3.63, 3.8) is 0 Å². The van der Waals surface area contributed by atoms with Crippen LogP contribution in [0.15, 0.2) is 52.6 Å². The van der Waals surface area contributed by atoms with E-state index in [1.54, 1.807) is 18.2 Å². The molecule has 2 N–H and O–H groups in total. The minimum absolute atomic E-state index is 0. The van der Waals surface area contributed by atoms with Gasteiger partial charge in [-0.15, -0.1) is 24.0 Å². The standard InChI is InChI=1S/C19H26FN5O3S.HI/c1-4-22-19(25(2)14-15-7-8-18(28-3)17(20)12-15)23-10-11-24-29(26,27)16-6-5-9-21-13-16;/h5-9,12-13,24H,4,10-11,14H2,1-3H3,(H,22,23);1H. The Kier molecular flexibility index (Phi) is 11.0. The highest BCUT2D eigenvalue weighted by atomic mass is 127. The molecule has 0 saturated carbocycles. The molecule has 0 aliphatic heterocycles. The predicted molar refractivity (Wildman–Crippen MR) is 125 cm³/mol. The van der Waals surface area contributed by atoms with Gasteiger partial charge in [0.2, 0.25) is 10.0 Å². The molecule has 0 saturated heterocycles. The zero-order chi connectivity index (χ0) is 21.3. The first-order valence-electron chi connectivity index (χ1n) is 9.09. The molecular formula is C19H27FIN5O3S. The number of sulfonamides is 1. The van der Waals surface area contributed by atoms with Crippen LogP contribution >= 0.6 is 24.0 Å². The Morgan fingerprint density at radius 1 is 1.33 bits per heavy atom. The van der Waals surface area contributed by atoms with Crippen LogP contribution in [0.1, 0.15) is 12.5 Å². The summed E-state index contributed by atoms with van der Waals surface area (Å²) in [5.41, 5.74) is 0.758. The molecule has 0 bridgehead atoms. The number of aliphatic imine (C=N–C) groups is 1. The number of hydrogen-bond acceptors (Lipinski definition) is 5. The molecule has 0 aliphatic rings. The van der Waals surface area contributed by atoms with Gasteiger partial charge in [-0.3, -0.25) is 9.98 Å². The third kappa shape index (κ3) is 7.69. The number of rotatable bonds is 9. The Morgan fingerprint density at radius 3 is 2.70 bits per heavy atom. The van der Waals surface area contributed by atoms with Gasteiger partial charge in [-0.25, -0.2) is 17.5 Å². The van der Waals surface area contributed by atoms with Crippen LogP contribution in [-0.2, 0) is 16.6 Å². The lowest BCUT2D eigenvalue weighted by Crippen LogP contribution is -2.39. The Labute approximate surface area is 194 Å². The van der Waals surface area contributed by atoms with Crippen LogP contribution in [-0.4, -0.2) is 58.1 Å². The van der Waals surface area contributed by atoms with E-state index in [1.165, 1.54) is 31.6 Å². The highest BCUT2D eigenvalue weighted by molar-refractivity contribution is 14.0. The molecule has 11 heteroatoms. The monoisotopic (exact) mass is 551 g/mol. The van der Waals surface area contributed by atoms with Gasteiger partial charge in [0.15, 0.2) is 17.5 Å². The second kappa shape index (κ2) is 12.6. The highest BCUT2D eigenvalue weighted by Crippen LogP contribution is 2.18. The Bertz CT molecular complexity index is 929. The summed E-state index contributed by atoms with van der Waals surface area (Å²) < 4.78 is 45.7. The first kappa shape index (κ1) is 26.0. The van der Waals surface area contributed by atoms with Crippen molar-refractivity contribution in [1.29, 1.82) is 0 Å². The molecule has 0 fully saturated rings. The van der Waals surface area contributed by atoms with Crippen molar-refractivity contribution < 1.29 is 17.5 Å². The van der Waals surface area contributed by atoms with Crippen LogP contribution in [0.25, 0.3) is 0 Å². The number of aromatic nitrogens is 1. The highest BCUT2D eigenvalue weighted by Gasteiger charge is 2.13. The van der Waals surface area contributed by atoms with Crippen LogP contribution in [0.4, 0.5) is 4.39 Å². The van der Waals surface area contributed by atoms with Gasteiger partial charge in [0.05, 0.1) is 13.7 Å². The molecular weight excluding hydrogens is 524 g/mol. The Balaban J connectivity index is 0.00000450. The first-order valence-corrected chi connectivity index (χ1v) is 10.6. The van der Waals surface area contributed by atoms with Crippen LogP contribution in [0.3, 0.4) is 0 Å². The molecule has 8 nitrogen and oxygen atoms in total. The van der Waals surface area contributed by atoms with Gasteiger partial charge in [-0.05, 0) is 36.8 Å². The largest absolute Gasteiger partial charge is 0.494 e. The molecule has 0 radical (unpaired) electrons. The van der Waals surface area contributed by atoms with Crippen LogP contribution < -0.4 is 14.8 Å². The number of pyridine rings is 1. The molecule has 0 atom stereocenters. The van der Waals surface area contributed by atoms with Gasteiger partial charge in [0.1, 0.15) is 4.90 Å². The lowest BCUT2D eigenvalue weighted by molar-refractivity contribution is 0.385. The maximum atomic E-state index is 13.9. The summed E-state index contributed by atoms with van der Waals surface area (Å²) in [4.78, 5) is 10.2. The predicted octanol–water partition coefficient (Wildman–Crippen LogP) is 2.22. The second-order valence-corrected chi connectivity index (χ2v) is 7.91. The van der Waals surface area contributed by atoms with E-state index in [2.05, 4.69) is 20.0 Å². The molecule has 1 aromatic carbocycles. The van der Waals surface area contributed by atoms with Crippen molar-refractivity contribution in [2.45, 2.75) is 18.4 Å². The fourth-order valence-corrected chi connectivity index (χ4v) is 3.54. The third-order valence-electron chi connectivity index (χ3n) is 3.94. The average Bonchev–Trinajstić information content (AvgIpc) is 2.71. The molecule has 30 heavy (non-hydrogen) atoms. The summed E-state index contributed by atoms with van der Waals surface area (Å²) in [6, 6.07) is 7.82. The number of ether oxygens (including phenoxy) is 1. The van der Waals surface area contributed by atoms with Crippen molar-refractivity contribution in [3.05, 3.63) is 54.1 Å². The minimum Gasteiger partial charge on any atom is -0.494 e. The van der Waals surface area contributed by atoms with E-state index in [1.807, 2.05) is 18.9 Å². The molecule has 0 amide bonds. The summed E-state index contributed by atoms with van der Waals surface area (Å²) in [6.45, 7) is 3.37. The summed E-state index contributed by atoms with van der Waals surface area (Å²) in [7, 11) is -0.378. The molecule has 166 valence electrons. The van der Waals surface area contributed by atoms with Crippen molar-refractivity contribution in [2.75, 3.05) is 33.8 Å². The number of nitrogens with one attached hydrogen (secondary N) is 2. The van der Waals surface area contributed by atoms with E-state index in [0.29, 0.717) is 19.0 Å². The third-order valence-corrected chi connectivity index (χ3v) is 5.39. The zero-order valence-electron chi connectivity index (χ0n) is 17.1. The smallest absolute Gasteiger partial charge is 0.242 e. The average molecular weight is 551 g/mol. The van der Waals surface area contributed by atoms with E-state index in [4.69, 9.17) is 4.74 Å². The summed E-state index contributed by atoms with van der Waals surface area (Å²) >= 11 is 0. The maximum Gasteiger partial charge on any atom is 0.242 e. The number of methoxy groups -OCH3 is 1. The number of guanidine groups is 1.